The van der Waals surface area contributed by atoms with E-state index >= 15 is 0 Å². The number of hydrogen-bond acceptors (Lipinski definition) is 3. The summed E-state index contributed by atoms with van der Waals surface area (Å²) < 4.78 is 0. The van der Waals surface area contributed by atoms with E-state index in [4.69, 9.17) is 5.73 Å². The molecule has 0 bridgehead atoms. The Labute approximate surface area is 123 Å². The Morgan fingerprint density at radius 1 is 1.20 bits per heavy atom. The number of nitrogens with two attached hydrogens (primary N) is 1. The third kappa shape index (κ3) is 3.97. The smallest absolute Gasteiger partial charge is 0.0369 e. The Balaban J connectivity index is 1.98. The average molecular weight is 275 g/mol. The third-order valence-electron chi connectivity index (χ3n) is 4.15. The fourth-order valence-electron chi connectivity index (χ4n) is 3.00. The first kappa shape index (κ1) is 15.3. The van der Waals surface area contributed by atoms with E-state index in [-0.39, 0.29) is 6.04 Å². The van der Waals surface area contributed by atoms with Crippen LogP contribution in [0.1, 0.15) is 31.4 Å². The van der Waals surface area contributed by atoms with Crippen LogP contribution < -0.4 is 10.6 Å². The summed E-state index contributed by atoms with van der Waals surface area (Å²) in [4.78, 5) is 5.07. The maximum atomic E-state index is 5.90. The van der Waals surface area contributed by atoms with E-state index in [0.717, 1.165) is 19.5 Å². The van der Waals surface area contributed by atoms with Crippen LogP contribution in [0.4, 0.5) is 5.69 Å². The number of benzene rings is 1. The van der Waals surface area contributed by atoms with Gasteiger partial charge in [-0.2, -0.15) is 0 Å². The van der Waals surface area contributed by atoms with Crippen molar-refractivity contribution in [3.63, 3.8) is 0 Å². The molecule has 0 aliphatic carbocycles. The monoisotopic (exact) mass is 275 g/mol. The molecule has 1 aromatic rings. The molecule has 1 aliphatic rings. The van der Waals surface area contributed by atoms with Crippen LogP contribution in [0.3, 0.4) is 0 Å². The molecule has 1 heterocycles. The molecule has 1 saturated heterocycles. The van der Waals surface area contributed by atoms with Crippen LogP contribution in [0.5, 0.6) is 0 Å². The number of anilines is 1. The number of piperazine rings is 1. The van der Waals surface area contributed by atoms with Crippen LogP contribution in [0.2, 0.25) is 0 Å². The molecule has 0 saturated carbocycles. The highest BCUT2D eigenvalue weighted by Crippen LogP contribution is 2.21. The average Bonchev–Trinajstić information content (AvgIpc) is 2.42. The van der Waals surface area contributed by atoms with Crippen molar-refractivity contribution in [2.75, 3.05) is 37.6 Å². The molecule has 2 N–H and O–H groups in total. The van der Waals surface area contributed by atoms with Crippen molar-refractivity contribution < 1.29 is 0 Å². The molecule has 0 aromatic heterocycles. The Morgan fingerprint density at radius 3 is 2.45 bits per heavy atom. The molecule has 112 valence electrons. The van der Waals surface area contributed by atoms with Gasteiger partial charge in [0.15, 0.2) is 0 Å². The summed E-state index contributed by atoms with van der Waals surface area (Å²) >= 11 is 0. The van der Waals surface area contributed by atoms with Gasteiger partial charge in [-0.1, -0.05) is 13.0 Å². The summed E-state index contributed by atoms with van der Waals surface area (Å²) in [6.07, 6.45) is 2.22. The van der Waals surface area contributed by atoms with E-state index in [0.29, 0.717) is 0 Å². The van der Waals surface area contributed by atoms with E-state index in [1.807, 2.05) is 0 Å². The van der Waals surface area contributed by atoms with E-state index in [1.165, 1.54) is 42.9 Å². The second kappa shape index (κ2) is 7.09. The highest BCUT2D eigenvalue weighted by molar-refractivity contribution is 5.51. The maximum Gasteiger partial charge on any atom is 0.0369 e. The van der Waals surface area contributed by atoms with E-state index in [2.05, 4.69) is 48.8 Å². The van der Waals surface area contributed by atoms with Crippen LogP contribution in [0.25, 0.3) is 0 Å². The van der Waals surface area contributed by atoms with Gasteiger partial charge >= 0.3 is 0 Å². The van der Waals surface area contributed by atoms with Gasteiger partial charge in [-0.3, -0.25) is 4.90 Å². The zero-order valence-corrected chi connectivity index (χ0v) is 13.2. The lowest BCUT2D eigenvalue weighted by Crippen LogP contribution is -2.46. The molecule has 1 aliphatic heterocycles. The first-order chi connectivity index (χ1) is 9.60. The van der Waals surface area contributed by atoms with Gasteiger partial charge in [0.25, 0.3) is 0 Å². The van der Waals surface area contributed by atoms with Gasteiger partial charge < -0.3 is 10.6 Å². The topological polar surface area (TPSA) is 32.5 Å². The summed E-state index contributed by atoms with van der Waals surface area (Å²) in [7, 11) is 0. The quantitative estimate of drug-likeness (QED) is 0.896. The van der Waals surface area contributed by atoms with Crippen LogP contribution in [0.15, 0.2) is 18.2 Å². The minimum atomic E-state index is 0.233. The Morgan fingerprint density at radius 2 is 1.90 bits per heavy atom. The lowest BCUT2D eigenvalue weighted by Gasteiger charge is -2.36. The molecule has 1 atom stereocenters. The van der Waals surface area contributed by atoms with Crippen LogP contribution in [-0.4, -0.2) is 43.7 Å². The van der Waals surface area contributed by atoms with E-state index in [9.17, 15) is 0 Å². The molecule has 1 aromatic carbocycles. The number of hydrogen-bond donors (Lipinski definition) is 1. The van der Waals surface area contributed by atoms with Gasteiger partial charge in [-0.15, -0.1) is 0 Å². The summed E-state index contributed by atoms with van der Waals surface area (Å²) in [6.45, 7) is 12.4. The fraction of sp³-hybridized carbons (Fsp3) is 0.647. The maximum absolute atomic E-state index is 5.90. The summed E-state index contributed by atoms with van der Waals surface area (Å²) in [5.41, 5.74) is 10.0. The fourth-order valence-corrected chi connectivity index (χ4v) is 3.00. The lowest BCUT2D eigenvalue weighted by molar-refractivity contribution is 0.258. The molecule has 0 amide bonds. The lowest BCUT2D eigenvalue weighted by atomic mass is 10.0. The van der Waals surface area contributed by atoms with Gasteiger partial charge in [0.1, 0.15) is 0 Å². The predicted molar refractivity (Wildman–Crippen MR) is 87.5 cm³/mol. The van der Waals surface area contributed by atoms with Crippen LogP contribution in [0, 0.1) is 6.92 Å². The zero-order valence-electron chi connectivity index (χ0n) is 13.2. The minimum absolute atomic E-state index is 0.233. The summed E-state index contributed by atoms with van der Waals surface area (Å²) in [6, 6.07) is 7.08. The highest BCUT2D eigenvalue weighted by Gasteiger charge is 2.16. The number of rotatable bonds is 5. The predicted octanol–water partition coefficient (Wildman–Crippen LogP) is 2.42. The molecule has 1 fully saturated rings. The molecule has 3 nitrogen and oxygen atoms in total. The van der Waals surface area contributed by atoms with Crippen molar-refractivity contribution in [1.29, 1.82) is 0 Å². The summed E-state index contributed by atoms with van der Waals surface area (Å²) in [5.74, 6) is 0. The van der Waals surface area contributed by atoms with E-state index < -0.39 is 0 Å². The normalized spacial score (nSPS) is 18.3. The molecule has 1 unspecified atom stereocenters. The first-order valence-electron chi connectivity index (χ1n) is 7.92. The van der Waals surface area contributed by atoms with Crippen molar-refractivity contribution in [2.24, 2.45) is 5.73 Å². The van der Waals surface area contributed by atoms with Gasteiger partial charge in [0.05, 0.1) is 0 Å². The van der Waals surface area contributed by atoms with Gasteiger partial charge in [0, 0.05) is 37.9 Å². The van der Waals surface area contributed by atoms with Crippen LogP contribution in [-0.2, 0) is 6.42 Å². The van der Waals surface area contributed by atoms with Crippen molar-refractivity contribution in [3.05, 3.63) is 29.3 Å². The number of aryl methyl sites for hydroxylation is 1. The molecule has 0 spiro atoms. The molecular formula is C17H29N3. The molecule has 20 heavy (non-hydrogen) atoms. The molecular weight excluding hydrogens is 246 g/mol. The van der Waals surface area contributed by atoms with Gasteiger partial charge in [0.2, 0.25) is 0 Å². The summed E-state index contributed by atoms with van der Waals surface area (Å²) in [5, 5.41) is 0. The highest BCUT2D eigenvalue weighted by atomic mass is 15.3. The van der Waals surface area contributed by atoms with Gasteiger partial charge in [-0.05, 0) is 56.5 Å². The minimum Gasteiger partial charge on any atom is -0.369 e. The van der Waals surface area contributed by atoms with Crippen molar-refractivity contribution in [3.8, 4) is 0 Å². The van der Waals surface area contributed by atoms with E-state index in [1.54, 1.807) is 0 Å². The molecule has 0 radical (unpaired) electrons. The van der Waals surface area contributed by atoms with Crippen LogP contribution >= 0.6 is 0 Å². The molecule has 2 rings (SSSR count). The number of nitrogens with zero attached hydrogens (tertiary/aromatic N) is 2. The Hall–Kier alpha value is -1.06. The van der Waals surface area contributed by atoms with Crippen molar-refractivity contribution in [1.82, 2.24) is 4.90 Å². The third-order valence-corrected chi connectivity index (χ3v) is 4.15. The SMILES string of the molecule is CCCN1CCN(c2ccc(CC(C)N)c(C)c2)CC1. The second-order valence-electron chi connectivity index (χ2n) is 6.12. The standard InChI is InChI=1S/C17H29N3/c1-4-7-19-8-10-20(11-9-19)17-6-5-16(13-15(3)18)14(2)12-17/h5-6,12,15H,4,7-11,13,18H2,1-3H3. The Kier molecular flexibility index (Phi) is 5.44. The molecule has 3 heteroatoms. The largest absolute Gasteiger partial charge is 0.369 e. The van der Waals surface area contributed by atoms with Crippen molar-refractivity contribution in [2.45, 2.75) is 39.7 Å². The Bertz CT molecular complexity index is 420. The van der Waals surface area contributed by atoms with Crippen molar-refractivity contribution >= 4 is 5.69 Å². The first-order valence-corrected chi connectivity index (χ1v) is 7.92. The second-order valence-corrected chi connectivity index (χ2v) is 6.12. The zero-order chi connectivity index (χ0) is 14.5. The van der Waals surface area contributed by atoms with Gasteiger partial charge in [-0.25, -0.2) is 0 Å².